The van der Waals surface area contributed by atoms with E-state index in [0.717, 1.165) is 0 Å². The van der Waals surface area contributed by atoms with Gasteiger partial charge >= 0.3 is 5.97 Å². The minimum atomic E-state index is -1.20. The molecular weight excluding hydrogens is 292 g/mol. The van der Waals surface area contributed by atoms with Crippen molar-refractivity contribution in [2.24, 2.45) is 0 Å². The Morgan fingerprint density at radius 2 is 1.86 bits per heavy atom. The summed E-state index contributed by atoms with van der Waals surface area (Å²) >= 11 is 0. The van der Waals surface area contributed by atoms with Gasteiger partial charge in [0.05, 0.1) is 6.42 Å². The Labute approximate surface area is 126 Å². The zero-order valence-corrected chi connectivity index (χ0v) is 12.0. The molecule has 1 aromatic carbocycles. The average molecular weight is 310 g/mol. The monoisotopic (exact) mass is 310 g/mol. The smallest absolute Gasteiger partial charge is 0.305 e. The second kappa shape index (κ2) is 7.87. The molecule has 0 unspecified atom stereocenters. The molecule has 0 aliphatic rings. The summed E-state index contributed by atoms with van der Waals surface area (Å²) < 4.78 is 0. The number of aliphatic carboxylic acids is 1. The molecule has 0 fully saturated rings. The lowest BCUT2D eigenvalue weighted by Gasteiger charge is -2.15. The zero-order chi connectivity index (χ0) is 16.7. The standard InChI is InChI=1S/C14H18N2O6/c1-8(17)16-10(7-13(20)21)14(22)15-5-4-9-2-3-11(18)12(19)6-9/h2-3,6,10,18-19H,4-5,7H2,1H3,(H,15,22)(H,16,17)(H,20,21)/t10-/m0/s1. The van der Waals surface area contributed by atoms with Crippen molar-refractivity contribution in [1.82, 2.24) is 10.6 Å². The summed E-state index contributed by atoms with van der Waals surface area (Å²) in [6.07, 6.45) is -0.134. The van der Waals surface area contributed by atoms with Gasteiger partial charge in [0.15, 0.2) is 11.5 Å². The molecule has 0 radical (unpaired) electrons. The van der Waals surface area contributed by atoms with Crippen molar-refractivity contribution in [3.8, 4) is 11.5 Å². The van der Waals surface area contributed by atoms with Gasteiger partial charge in [-0.1, -0.05) is 6.07 Å². The second-order valence-electron chi connectivity index (χ2n) is 4.72. The fourth-order valence-corrected chi connectivity index (χ4v) is 1.81. The van der Waals surface area contributed by atoms with E-state index in [2.05, 4.69) is 10.6 Å². The maximum absolute atomic E-state index is 11.8. The Hall–Kier alpha value is -2.77. The highest BCUT2D eigenvalue weighted by molar-refractivity contribution is 5.90. The van der Waals surface area contributed by atoms with Crippen LogP contribution in [0.1, 0.15) is 18.9 Å². The van der Waals surface area contributed by atoms with Crippen molar-refractivity contribution < 1.29 is 29.7 Å². The number of rotatable bonds is 7. The molecule has 0 aliphatic heterocycles. The molecular formula is C14H18N2O6. The van der Waals surface area contributed by atoms with Crippen LogP contribution in [-0.4, -0.2) is 45.7 Å². The van der Waals surface area contributed by atoms with Crippen molar-refractivity contribution >= 4 is 17.8 Å². The highest BCUT2D eigenvalue weighted by Gasteiger charge is 2.22. The molecule has 0 saturated heterocycles. The van der Waals surface area contributed by atoms with Crippen LogP contribution >= 0.6 is 0 Å². The number of benzene rings is 1. The first-order valence-electron chi connectivity index (χ1n) is 6.57. The first-order valence-corrected chi connectivity index (χ1v) is 6.57. The zero-order valence-electron chi connectivity index (χ0n) is 12.0. The first kappa shape index (κ1) is 17.3. The molecule has 5 N–H and O–H groups in total. The number of amides is 2. The van der Waals surface area contributed by atoms with Gasteiger partial charge in [0.2, 0.25) is 11.8 Å². The Balaban J connectivity index is 2.53. The van der Waals surface area contributed by atoms with Gasteiger partial charge in [0, 0.05) is 13.5 Å². The largest absolute Gasteiger partial charge is 0.504 e. The van der Waals surface area contributed by atoms with Gasteiger partial charge in [-0.15, -0.1) is 0 Å². The molecule has 0 spiro atoms. The van der Waals surface area contributed by atoms with Gasteiger partial charge in [0.25, 0.3) is 0 Å². The van der Waals surface area contributed by atoms with E-state index in [1.165, 1.54) is 19.1 Å². The van der Waals surface area contributed by atoms with Crippen molar-refractivity contribution in [3.63, 3.8) is 0 Å². The molecule has 8 nitrogen and oxygen atoms in total. The van der Waals surface area contributed by atoms with E-state index in [1.807, 2.05) is 0 Å². The summed E-state index contributed by atoms with van der Waals surface area (Å²) in [5.41, 5.74) is 0.685. The Morgan fingerprint density at radius 1 is 1.18 bits per heavy atom. The van der Waals surface area contributed by atoms with E-state index in [9.17, 15) is 24.6 Å². The van der Waals surface area contributed by atoms with E-state index in [4.69, 9.17) is 5.11 Å². The normalized spacial score (nSPS) is 11.5. The molecule has 0 aromatic heterocycles. The van der Waals surface area contributed by atoms with E-state index in [1.54, 1.807) is 6.07 Å². The number of carbonyl (C=O) groups excluding carboxylic acids is 2. The molecule has 22 heavy (non-hydrogen) atoms. The number of hydrogen-bond donors (Lipinski definition) is 5. The molecule has 1 atom stereocenters. The van der Waals surface area contributed by atoms with Gasteiger partial charge in [0.1, 0.15) is 6.04 Å². The number of hydrogen-bond acceptors (Lipinski definition) is 5. The van der Waals surface area contributed by atoms with Crippen molar-refractivity contribution in [2.75, 3.05) is 6.54 Å². The number of nitrogens with one attached hydrogen (secondary N) is 2. The summed E-state index contributed by atoms with van der Waals surface area (Å²) in [6, 6.07) is 3.15. The molecule has 0 saturated carbocycles. The average Bonchev–Trinajstić information content (AvgIpc) is 2.41. The van der Waals surface area contributed by atoms with Gasteiger partial charge in [-0.3, -0.25) is 14.4 Å². The van der Waals surface area contributed by atoms with E-state index >= 15 is 0 Å². The van der Waals surface area contributed by atoms with E-state index in [0.29, 0.717) is 12.0 Å². The second-order valence-corrected chi connectivity index (χ2v) is 4.72. The Bertz CT molecular complexity index is 556. The Kier molecular flexibility index (Phi) is 6.18. The molecule has 1 aromatic rings. The predicted octanol–water partition coefficient (Wildman–Crippen LogP) is -0.264. The summed E-state index contributed by atoms with van der Waals surface area (Å²) in [4.78, 5) is 33.5. The van der Waals surface area contributed by atoms with Gasteiger partial charge in [-0.05, 0) is 24.1 Å². The summed E-state index contributed by atoms with van der Waals surface area (Å²) in [6.45, 7) is 1.39. The minimum absolute atomic E-state index is 0.193. The SMILES string of the molecule is CC(=O)N[C@@H](CC(=O)O)C(=O)NCCc1ccc(O)c(O)c1. The molecule has 0 heterocycles. The third-order valence-electron chi connectivity index (χ3n) is 2.83. The highest BCUT2D eigenvalue weighted by atomic mass is 16.4. The lowest BCUT2D eigenvalue weighted by molar-refractivity contribution is -0.140. The number of carboxylic acid groups (broad SMARTS) is 1. The molecule has 1 rings (SSSR count). The maximum atomic E-state index is 11.8. The molecule has 2 amide bonds. The minimum Gasteiger partial charge on any atom is -0.504 e. The Morgan fingerprint density at radius 3 is 2.41 bits per heavy atom. The van der Waals surface area contributed by atoms with Crippen molar-refractivity contribution in [2.45, 2.75) is 25.8 Å². The topological polar surface area (TPSA) is 136 Å². The van der Waals surface area contributed by atoms with Gasteiger partial charge < -0.3 is 26.0 Å². The van der Waals surface area contributed by atoms with Gasteiger partial charge in [-0.25, -0.2) is 0 Å². The molecule has 0 bridgehead atoms. The number of phenols is 2. The molecule has 120 valence electrons. The maximum Gasteiger partial charge on any atom is 0.305 e. The van der Waals surface area contributed by atoms with Crippen molar-refractivity contribution in [1.29, 1.82) is 0 Å². The van der Waals surface area contributed by atoms with Crippen molar-refractivity contribution in [3.05, 3.63) is 23.8 Å². The van der Waals surface area contributed by atoms with Crippen LogP contribution in [0.4, 0.5) is 0 Å². The van der Waals surface area contributed by atoms with Crippen LogP contribution < -0.4 is 10.6 Å². The van der Waals surface area contributed by atoms with Crippen LogP contribution in [0.2, 0.25) is 0 Å². The summed E-state index contributed by atoms with van der Waals surface area (Å²) in [5, 5.41) is 32.0. The third-order valence-corrected chi connectivity index (χ3v) is 2.83. The lowest BCUT2D eigenvalue weighted by atomic mass is 10.1. The lowest BCUT2D eigenvalue weighted by Crippen LogP contribution is -2.47. The first-order chi connectivity index (χ1) is 10.3. The predicted molar refractivity (Wildman–Crippen MR) is 76.3 cm³/mol. The number of carboxylic acids is 1. The van der Waals surface area contributed by atoms with Gasteiger partial charge in [-0.2, -0.15) is 0 Å². The molecule has 0 aliphatic carbocycles. The van der Waals surface area contributed by atoms with Crippen LogP contribution in [0.5, 0.6) is 11.5 Å². The fraction of sp³-hybridized carbons (Fsp3) is 0.357. The number of phenolic OH excluding ortho intramolecular Hbond substituents is 2. The number of aromatic hydroxyl groups is 2. The molecule has 8 heteroatoms. The van der Waals surface area contributed by atoms with Crippen LogP contribution in [0.15, 0.2) is 18.2 Å². The van der Waals surface area contributed by atoms with Crippen LogP contribution in [-0.2, 0) is 20.8 Å². The van der Waals surface area contributed by atoms with E-state index in [-0.39, 0.29) is 18.0 Å². The van der Waals surface area contributed by atoms with Crippen LogP contribution in [0, 0.1) is 0 Å². The quantitative estimate of drug-likeness (QED) is 0.440. The van der Waals surface area contributed by atoms with Crippen LogP contribution in [0.25, 0.3) is 0 Å². The number of carbonyl (C=O) groups is 3. The fourth-order valence-electron chi connectivity index (χ4n) is 1.81. The third kappa shape index (κ3) is 5.70. The van der Waals surface area contributed by atoms with E-state index < -0.39 is 30.2 Å². The summed E-state index contributed by atoms with van der Waals surface area (Å²) in [7, 11) is 0. The summed E-state index contributed by atoms with van der Waals surface area (Å²) in [5.74, 6) is -2.78. The highest BCUT2D eigenvalue weighted by Crippen LogP contribution is 2.24. The van der Waals surface area contributed by atoms with Crippen LogP contribution in [0.3, 0.4) is 0 Å².